The Labute approximate surface area is 169 Å². The summed E-state index contributed by atoms with van der Waals surface area (Å²) in [4.78, 5) is 5.01. The van der Waals surface area contributed by atoms with Crippen molar-refractivity contribution in [1.29, 1.82) is 0 Å². The number of para-hydroxylation sites is 1. The molecule has 1 atom stereocenters. The number of aryl methyl sites for hydroxylation is 1. The van der Waals surface area contributed by atoms with Crippen LogP contribution in [0, 0.1) is 5.92 Å². The number of imidazole rings is 1. The van der Waals surface area contributed by atoms with Crippen molar-refractivity contribution in [1.82, 2.24) is 9.55 Å². The second kappa shape index (κ2) is 7.07. The first-order chi connectivity index (χ1) is 12.5. The number of aromatic nitrogens is 2. The van der Waals surface area contributed by atoms with Gasteiger partial charge in [0.25, 0.3) is 0 Å². The van der Waals surface area contributed by atoms with Crippen LogP contribution in [0.4, 0.5) is 0 Å². The molecule has 5 heteroatoms. The van der Waals surface area contributed by atoms with Gasteiger partial charge in [0.05, 0.1) is 26.1 Å². The van der Waals surface area contributed by atoms with E-state index in [9.17, 15) is 0 Å². The highest BCUT2D eigenvalue weighted by molar-refractivity contribution is 6.44. The van der Waals surface area contributed by atoms with E-state index in [-0.39, 0.29) is 0 Å². The van der Waals surface area contributed by atoms with Gasteiger partial charge in [-0.25, -0.2) is 4.98 Å². The van der Waals surface area contributed by atoms with Crippen molar-refractivity contribution in [2.24, 2.45) is 5.92 Å². The molecule has 3 aromatic rings. The third-order valence-corrected chi connectivity index (χ3v) is 6.36. The SMILES string of the molecule is CCc1nc2c(-c3cc(Cl)c(Cl)cc3Cl)cccc2n1C(CC)C1CC1. The molecule has 0 bridgehead atoms. The largest absolute Gasteiger partial charge is 0.325 e. The maximum atomic E-state index is 6.49. The molecule has 0 N–H and O–H groups in total. The molecule has 0 aliphatic heterocycles. The van der Waals surface area contributed by atoms with E-state index in [1.54, 1.807) is 6.07 Å². The van der Waals surface area contributed by atoms with E-state index in [1.165, 1.54) is 18.4 Å². The van der Waals surface area contributed by atoms with E-state index in [0.717, 1.165) is 41.2 Å². The van der Waals surface area contributed by atoms with Crippen molar-refractivity contribution in [3.63, 3.8) is 0 Å². The van der Waals surface area contributed by atoms with Crippen molar-refractivity contribution in [3.05, 3.63) is 51.2 Å². The van der Waals surface area contributed by atoms with Crippen LogP contribution in [0.2, 0.25) is 15.1 Å². The first-order valence-electron chi connectivity index (χ1n) is 9.19. The third kappa shape index (κ3) is 3.02. The van der Waals surface area contributed by atoms with Gasteiger partial charge < -0.3 is 4.57 Å². The van der Waals surface area contributed by atoms with Gasteiger partial charge in [-0.2, -0.15) is 0 Å². The minimum absolute atomic E-state index is 0.465. The Kier molecular flexibility index (Phi) is 4.94. The minimum Gasteiger partial charge on any atom is -0.325 e. The summed E-state index contributed by atoms with van der Waals surface area (Å²) in [5.41, 5.74) is 4.05. The highest BCUT2D eigenvalue weighted by Gasteiger charge is 2.33. The first-order valence-corrected chi connectivity index (χ1v) is 10.3. The van der Waals surface area contributed by atoms with Crippen LogP contribution in [0.25, 0.3) is 22.2 Å². The molecule has 2 aromatic carbocycles. The zero-order valence-corrected chi connectivity index (χ0v) is 17.2. The Bertz CT molecular complexity index is 973. The lowest BCUT2D eigenvalue weighted by molar-refractivity contribution is 0.429. The van der Waals surface area contributed by atoms with Crippen molar-refractivity contribution >= 4 is 45.8 Å². The van der Waals surface area contributed by atoms with Crippen molar-refractivity contribution < 1.29 is 0 Å². The Balaban J connectivity index is 1.96. The normalized spacial score (nSPS) is 15.6. The van der Waals surface area contributed by atoms with Gasteiger partial charge in [0.1, 0.15) is 5.82 Å². The molecule has 0 amide bonds. The second-order valence-corrected chi connectivity index (χ2v) is 8.21. The van der Waals surface area contributed by atoms with Crippen LogP contribution in [0.1, 0.15) is 45.0 Å². The molecule has 136 valence electrons. The fourth-order valence-electron chi connectivity index (χ4n) is 3.94. The summed E-state index contributed by atoms with van der Waals surface area (Å²) in [6.07, 6.45) is 4.67. The quantitative estimate of drug-likeness (QED) is 0.398. The minimum atomic E-state index is 0.465. The Morgan fingerprint density at radius 1 is 1.04 bits per heavy atom. The van der Waals surface area contributed by atoms with E-state index in [0.29, 0.717) is 21.1 Å². The second-order valence-electron chi connectivity index (χ2n) is 6.98. The maximum Gasteiger partial charge on any atom is 0.109 e. The summed E-state index contributed by atoms with van der Waals surface area (Å²) >= 11 is 18.9. The van der Waals surface area contributed by atoms with Crippen molar-refractivity contribution in [2.45, 2.75) is 45.6 Å². The van der Waals surface area contributed by atoms with Crippen molar-refractivity contribution in [3.8, 4) is 11.1 Å². The molecule has 1 saturated carbocycles. The van der Waals surface area contributed by atoms with Crippen LogP contribution in [0.5, 0.6) is 0 Å². The monoisotopic (exact) mass is 406 g/mol. The average molecular weight is 408 g/mol. The predicted molar refractivity (Wildman–Crippen MR) is 112 cm³/mol. The molecule has 1 fully saturated rings. The predicted octanol–water partition coefficient (Wildman–Crippen LogP) is 7.59. The molecule has 1 heterocycles. The fourth-order valence-corrected chi connectivity index (χ4v) is 4.59. The van der Waals surface area contributed by atoms with Crippen LogP contribution in [-0.4, -0.2) is 9.55 Å². The van der Waals surface area contributed by atoms with Crippen LogP contribution >= 0.6 is 34.8 Å². The molecule has 4 rings (SSSR count). The highest BCUT2D eigenvalue weighted by Crippen LogP contribution is 2.45. The molecular formula is C21H21Cl3N2. The lowest BCUT2D eigenvalue weighted by Crippen LogP contribution is -2.13. The highest BCUT2D eigenvalue weighted by atomic mass is 35.5. The van der Waals surface area contributed by atoms with Gasteiger partial charge in [0, 0.05) is 23.6 Å². The standard InChI is InChI=1S/C21H21Cl3N2/c1-3-18(12-8-9-12)26-19-7-5-6-13(21(19)25-20(26)4-2)14-10-16(23)17(24)11-15(14)22/h5-7,10-12,18H,3-4,8-9H2,1-2H3. The number of hydrogen-bond donors (Lipinski definition) is 0. The Morgan fingerprint density at radius 2 is 1.77 bits per heavy atom. The number of rotatable bonds is 5. The molecule has 1 aliphatic rings. The molecule has 0 saturated heterocycles. The van der Waals surface area contributed by atoms with Crippen LogP contribution in [0.3, 0.4) is 0 Å². The molecule has 0 spiro atoms. The van der Waals surface area contributed by atoms with Gasteiger partial charge >= 0.3 is 0 Å². The fraction of sp³-hybridized carbons (Fsp3) is 0.381. The zero-order chi connectivity index (χ0) is 18.4. The van der Waals surface area contributed by atoms with Crippen LogP contribution < -0.4 is 0 Å². The summed E-state index contributed by atoms with van der Waals surface area (Å²) < 4.78 is 2.46. The molecule has 1 aliphatic carbocycles. The average Bonchev–Trinajstić information content (AvgIpc) is 3.39. The molecule has 2 nitrogen and oxygen atoms in total. The molecular weight excluding hydrogens is 387 g/mol. The van der Waals surface area contributed by atoms with E-state index in [4.69, 9.17) is 39.8 Å². The first kappa shape index (κ1) is 18.2. The van der Waals surface area contributed by atoms with Gasteiger partial charge in [-0.1, -0.05) is 60.8 Å². The van der Waals surface area contributed by atoms with Gasteiger partial charge in [0.2, 0.25) is 0 Å². The summed E-state index contributed by atoms with van der Waals surface area (Å²) in [7, 11) is 0. The summed E-state index contributed by atoms with van der Waals surface area (Å²) in [5.74, 6) is 1.92. The number of halogens is 3. The number of hydrogen-bond acceptors (Lipinski definition) is 1. The van der Waals surface area contributed by atoms with Gasteiger partial charge in [-0.3, -0.25) is 0 Å². The summed E-state index contributed by atoms with van der Waals surface area (Å²) in [6, 6.07) is 10.4. The lowest BCUT2D eigenvalue weighted by atomic mass is 10.0. The van der Waals surface area contributed by atoms with Crippen LogP contribution in [0.15, 0.2) is 30.3 Å². The summed E-state index contributed by atoms with van der Waals surface area (Å²) in [5, 5.41) is 1.56. The lowest BCUT2D eigenvalue weighted by Gasteiger charge is -2.20. The smallest absolute Gasteiger partial charge is 0.109 e. The van der Waals surface area contributed by atoms with Crippen LogP contribution in [-0.2, 0) is 6.42 Å². The topological polar surface area (TPSA) is 17.8 Å². The number of fused-ring (bicyclic) bond motifs is 1. The molecule has 26 heavy (non-hydrogen) atoms. The van der Waals surface area contributed by atoms with Gasteiger partial charge in [-0.05, 0) is 43.4 Å². The molecule has 0 radical (unpaired) electrons. The van der Waals surface area contributed by atoms with Gasteiger partial charge in [0.15, 0.2) is 0 Å². The van der Waals surface area contributed by atoms with E-state index >= 15 is 0 Å². The van der Waals surface area contributed by atoms with Crippen molar-refractivity contribution in [2.75, 3.05) is 0 Å². The Morgan fingerprint density at radius 3 is 2.42 bits per heavy atom. The van der Waals surface area contributed by atoms with E-state index in [1.807, 2.05) is 6.07 Å². The number of benzene rings is 2. The molecule has 1 unspecified atom stereocenters. The van der Waals surface area contributed by atoms with Gasteiger partial charge in [-0.15, -0.1) is 0 Å². The van der Waals surface area contributed by atoms with E-state index in [2.05, 4.69) is 36.6 Å². The molecule has 1 aromatic heterocycles. The number of nitrogens with zero attached hydrogens (tertiary/aromatic N) is 2. The summed E-state index contributed by atoms with van der Waals surface area (Å²) in [6.45, 7) is 4.44. The maximum absolute atomic E-state index is 6.49. The third-order valence-electron chi connectivity index (χ3n) is 5.33. The van der Waals surface area contributed by atoms with E-state index < -0.39 is 0 Å². The zero-order valence-electron chi connectivity index (χ0n) is 14.9. The Hall–Kier alpha value is -1.22.